The number of guanidine groups is 1. The Balaban J connectivity index is 0.00000441. The molecule has 2 N–H and O–H groups in total. The van der Waals surface area contributed by atoms with Gasteiger partial charge in [0.15, 0.2) is 5.96 Å². The maximum Gasteiger partial charge on any atom is 0.191 e. The zero-order chi connectivity index (χ0) is 15.7. The van der Waals surface area contributed by atoms with E-state index in [1.165, 1.54) is 6.07 Å². The van der Waals surface area contributed by atoms with Crippen LogP contribution >= 0.6 is 24.0 Å². The summed E-state index contributed by atoms with van der Waals surface area (Å²) >= 11 is 0. The number of methoxy groups -OCH3 is 1. The highest BCUT2D eigenvalue weighted by Gasteiger charge is 2.15. The number of ether oxygens (including phenoxy) is 1. The molecule has 0 spiro atoms. The first-order valence-electron chi connectivity index (χ1n) is 7.28. The Morgan fingerprint density at radius 3 is 2.64 bits per heavy atom. The van der Waals surface area contributed by atoms with Crippen LogP contribution in [0.1, 0.15) is 26.3 Å². The monoisotopic (exact) mass is 423 g/mol. The van der Waals surface area contributed by atoms with Crippen molar-refractivity contribution in [1.82, 2.24) is 10.6 Å². The van der Waals surface area contributed by atoms with Crippen molar-refractivity contribution < 1.29 is 9.13 Å². The van der Waals surface area contributed by atoms with Gasteiger partial charge in [-0.3, -0.25) is 4.99 Å². The lowest BCUT2D eigenvalue weighted by Gasteiger charge is -2.21. The molecule has 6 heteroatoms. The zero-order valence-corrected chi connectivity index (χ0v) is 16.1. The van der Waals surface area contributed by atoms with Crippen LogP contribution in [-0.4, -0.2) is 38.3 Å². The second-order valence-corrected chi connectivity index (χ2v) is 5.47. The molecule has 1 rings (SSSR count). The molecule has 0 atom stereocenters. The van der Waals surface area contributed by atoms with E-state index in [1.807, 2.05) is 26.8 Å². The topological polar surface area (TPSA) is 45.7 Å². The van der Waals surface area contributed by atoms with E-state index in [-0.39, 0.29) is 35.4 Å². The first kappa shape index (κ1) is 21.1. The molecule has 0 aliphatic carbocycles. The highest BCUT2D eigenvalue weighted by atomic mass is 127. The fourth-order valence-corrected chi connectivity index (χ4v) is 1.69. The number of nitrogens with one attached hydrogen (secondary N) is 2. The van der Waals surface area contributed by atoms with Gasteiger partial charge in [-0.25, -0.2) is 4.39 Å². The van der Waals surface area contributed by atoms with Gasteiger partial charge in [0.05, 0.1) is 12.1 Å². The minimum absolute atomic E-state index is 0. The number of benzene rings is 1. The van der Waals surface area contributed by atoms with Crippen molar-refractivity contribution in [2.45, 2.75) is 32.8 Å². The molecule has 4 nitrogen and oxygen atoms in total. The molecule has 22 heavy (non-hydrogen) atoms. The van der Waals surface area contributed by atoms with Gasteiger partial charge in [0.1, 0.15) is 5.82 Å². The van der Waals surface area contributed by atoms with Crippen molar-refractivity contribution in [2.24, 2.45) is 4.99 Å². The summed E-state index contributed by atoms with van der Waals surface area (Å²) in [5.41, 5.74) is 0.681. The summed E-state index contributed by atoms with van der Waals surface area (Å²) in [5, 5.41) is 6.43. The van der Waals surface area contributed by atoms with Crippen LogP contribution in [0.5, 0.6) is 0 Å². The van der Waals surface area contributed by atoms with E-state index in [2.05, 4.69) is 15.6 Å². The van der Waals surface area contributed by atoms with Crippen LogP contribution in [0.25, 0.3) is 0 Å². The van der Waals surface area contributed by atoms with Gasteiger partial charge in [0.25, 0.3) is 0 Å². The van der Waals surface area contributed by atoms with E-state index in [9.17, 15) is 4.39 Å². The van der Waals surface area contributed by atoms with Gasteiger partial charge in [0, 0.05) is 20.2 Å². The number of hydrogen-bond acceptors (Lipinski definition) is 2. The number of hydrogen-bond donors (Lipinski definition) is 2. The Morgan fingerprint density at radius 2 is 2.05 bits per heavy atom. The molecule has 0 radical (unpaired) electrons. The van der Waals surface area contributed by atoms with Crippen LogP contribution in [-0.2, 0) is 11.2 Å². The van der Waals surface area contributed by atoms with Crippen molar-refractivity contribution in [1.29, 1.82) is 0 Å². The molecule has 126 valence electrons. The second-order valence-electron chi connectivity index (χ2n) is 5.47. The van der Waals surface area contributed by atoms with Crippen molar-refractivity contribution in [3.05, 3.63) is 35.6 Å². The van der Waals surface area contributed by atoms with Crippen molar-refractivity contribution >= 4 is 29.9 Å². The molecule has 0 saturated heterocycles. The van der Waals surface area contributed by atoms with Crippen LogP contribution in [0.3, 0.4) is 0 Å². The van der Waals surface area contributed by atoms with Gasteiger partial charge in [-0.1, -0.05) is 12.1 Å². The molecule has 0 saturated carbocycles. The summed E-state index contributed by atoms with van der Waals surface area (Å²) < 4.78 is 18.4. The molecule has 1 aromatic rings. The molecule has 0 heterocycles. The summed E-state index contributed by atoms with van der Waals surface area (Å²) in [6.07, 6.45) is 0.746. The minimum atomic E-state index is -0.287. The predicted molar refractivity (Wildman–Crippen MR) is 101 cm³/mol. The Hall–Kier alpha value is -0.890. The molecule has 0 aliphatic rings. The van der Waals surface area contributed by atoms with E-state index < -0.39 is 0 Å². The first-order chi connectivity index (χ1) is 9.96. The number of nitrogens with zero attached hydrogens (tertiary/aromatic N) is 1. The van der Waals surface area contributed by atoms with E-state index in [0.29, 0.717) is 13.1 Å². The number of aliphatic imine (C=N–C) groups is 1. The minimum Gasteiger partial charge on any atom is -0.377 e. The third-order valence-corrected chi connectivity index (χ3v) is 3.11. The normalized spacial score (nSPS) is 11.8. The zero-order valence-electron chi connectivity index (χ0n) is 13.8. The Kier molecular flexibility index (Phi) is 10.3. The summed E-state index contributed by atoms with van der Waals surface area (Å²) in [7, 11) is 1.68. The smallest absolute Gasteiger partial charge is 0.191 e. The fraction of sp³-hybridized carbons (Fsp3) is 0.562. The van der Waals surface area contributed by atoms with Crippen molar-refractivity contribution in [2.75, 3.05) is 26.7 Å². The highest BCUT2D eigenvalue weighted by molar-refractivity contribution is 14.0. The number of halogens is 2. The molecular weight excluding hydrogens is 396 g/mol. The Labute approximate surface area is 149 Å². The van der Waals surface area contributed by atoms with Gasteiger partial charge in [0.2, 0.25) is 0 Å². The van der Waals surface area contributed by atoms with Gasteiger partial charge in [-0.05, 0) is 44.9 Å². The lowest BCUT2D eigenvalue weighted by molar-refractivity contribution is 0.0310. The molecule has 0 aliphatic heterocycles. The van der Waals surface area contributed by atoms with Gasteiger partial charge in [-0.2, -0.15) is 0 Å². The summed E-state index contributed by atoms with van der Waals surface area (Å²) in [5.74, 6) is 0.550. The van der Waals surface area contributed by atoms with E-state index >= 15 is 0 Å². The van der Waals surface area contributed by atoms with Gasteiger partial charge in [-0.15, -0.1) is 24.0 Å². The maximum atomic E-state index is 13.1. The molecule has 0 amide bonds. The highest BCUT2D eigenvalue weighted by Crippen LogP contribution is 2.07. The molecule has 0 bridgehead atoms. The average Bonchev–Trinajstić information content (AvgIpc) is 2.45. The van der Waals surface area contributed by atoms with E-state index in [0.717, 1.165) is 24.5 Å². The number of rotatable bonds is 7. The molecular formula is C16H27FIN3O. The van der Waals surface area contributed by atoms with E-state index in [1.54, 1.807) is 19.2 Å². The van der Waals surface area contributed by atoms with Crippen molar-refractivity contribution in [3.63, 3.8) is 0 Å². The summed E-state index contributed by atoms with van der Waals surface area (Å²) in [4.78, 5) is 4.50. The van der Waals surface area contributed by atoms with Gasteiger partial charge >= 0.3 is 0 Å². The largest absolute Gasteiger partial charge is 0.377 e. The molecule has 0 aromatic heterocycles. The summed E-state index contributed by atoms with van der Waals surface area (Å²) in [6.45, 7) is 8.06. The predicted octanol–water partition coefficient (Wildman–Crippen LogP) is 2.97. The third-order valence-electron chi connectivity index (χ3n) is 3.11. The summed E-state index contributed by atoms with van der Waals surface area (Å²) in [6, 6.07) is 6.66. The second kappa shape index (κ2) is 10.8. The van der Waals surface area contributed by atoms with E-state index in [4.69, 9.17) is 4.74 Å². The Morgan fingerprint density at radius 1 is 1.32 bits per heavy atom. The van der Waals surface area contributed by atoms with Crippen LogP contribution in [0.2, 0.25) is 0 Å². The fourth-order valence-electron chi connectivity index (χ4n) is 1.69. The average molecular weight is 423 g/mol. The van der Waals surface area contributed by atoms with Crippen LogP contribution < -0.4 is 10.6 Å². The lowest BCUT2D eigenvalue weighted by Crippen LogP contribution is -2.40. The van der Waals surface area contributed by atoms with Crippen LogP contribution in [0.4, 0.5) is 4.39 Å². The quantitative estimate of drug-likeness (QED) is 0.403. The Bertz CT molecular complexity index is 466. The lowest BCUT2D eigenvalue weighted by atomic mass is 10.1. The third kappa shape index (κ3) is 8.53. The van der Waals surface area contributed by atoms with Crippen LogP contribution in [0, 0.1) is 5.82 Å². The van der Waals surface area contributed by atoms with Crippen LogP contribution in [0.15, 0.2) is 29.3 Å². The maximum absolute atomic E-state index is 13.1. The standard InChI is InChI=1S/C16H26FN3O.HI/c1-5-18-15(20-12-16(2,3)21-4)19-10-9-13-7-6-8-14(17)11-13;/h6-8,11H,5,9-10,12H2,1-4H3,(H2,18,19,20);1H. The molecule has 0 fully saturated rings. The molecule has 0 unspecified atom stereocenters. The van der Waals surface area contributed by atoms with Gasteiger partial charge < -0.3 is 15.4 Å². The molecule has 1 aromatic carbocycles. The van der Waals surface area contributed by atoms with Crippen molar-refractivity contribution in [3.8, 4) is 0 Å². The SMILES string of the molecule is CCNC(=NCC(C)(C)OC)NCCc1cccc(F)c1.I. The first-order valence-corrected chi connectivity index (χ1v) is 7.28.